The van der Waals surface area contributed by atoms with E-state index in [1.165, 1.54) is 201 Å². The van der Waals surface area contributed by atoms with Crippen molar-refractivity contribution < 1.29 is 26.2 Å². The molecule has 0 amide bonds. The lowest BCUT2D eigenvalue weighted by atomic mass is 9.83. The number of thiophene rings is 1. The van der Waals surface area contributed by atoms with Crippen LogP contribution in [0.4, 0.5) is 0 Å². The molecule has 0 aliphatic carbocycles. The molecule has 0 aliphatic heterocycles. The lowest BCUT2D eigenvalue weighted by molar-refractivity contribution is 0.568. The summed E-state index contributed by atoms with van der Waals surface area (Å²) in [5, 5.41) is 31.7. The molecule has 7 heterocycles. The van der Waals surface area contributed by atoms with Crippen LogP contribution in [0.3, 0.4) is 0 Å². The quantitative estimate of drug-likeness (QED) is 0.141. The molecule has 6 nitrogen and oxygen atoms in total. The van der Waals surface area contributed by atoms with E-state index in [1.54, 1.807) is 17.4 Å². The number of hydrogen-bond acceptors (Lipinski definition) is 7. The van der Waals surface area contributed by atoms with Crippen molar-refractivity contribution in [3.05, 3.63) is 364 Å². The number of pyridine rings is 1. The van der Waals surface area contributed by atoms with E-state index in [2.05, 4.69) is 450 Å². The van der Waals surface area contributed by atoms with Crippen LogP contribution < -0.4 is 0 Å². The van der Waals surface area contributed by atoms with E-state index < -0.39 is 6.85 Å². The first kappa shape index (κ1) is 87.2. The first-order chi connectivity index (χ1) is 66.4. The van der Waals surface area contributed by atoms with Crippen molar-refractivity contribution in [2.24, 2.45) is 0 Å². The number of fused-ring (bicyclic) bond motifs is 31. The Morgan fingerprint density at radius 2 is 0.547 bits per heavy atom. The maximum absolute atomic E-state index is 7.52. The van der Waals surface area contributed by atoms with Gasteiger partial charge in [0.25, 0.3) is 0 Å². The van der Waals surface area contributed by atoms with Gasteiger partial charge in [-0.2, -0.15) is 0 Å². The first-order valence-electron chi connectivity index (χ1n) is 49.8. The van der Waals surface area contributed by atoms with Crippen LogP contribution in [0.25, 0.3) is 205 Å². The fourth-order valence-corrected chi connectivity index (χ4v) is 23.5. The third-order valence-electron chi connectivity index (χ3n) is 28.0. The number of furan rings is 5. The third kappa shape index (κ3) is 16.2. The van der Waals surface area contributed by atoms with Crippen molar-refractivity contribution in [2.45, 2.75) is 206 Å². The van der Waals surface area contributed by atoms with E-state index in [4.69, 9.17) is 26.2 Å². The molecule has 25 aromatic rings. The maximum Gasteiger partial charge on any atom is 0.143 e. The summed E-state index contributed by atoms with van der Waals surface area (Å²) in [6, 6.07) is 103. The number of hydrogen-bond donors (Lipinski definition) is 0. The molecule has 0 spiro atoms. The molecule has 7 aromatic heterocycles. The Bertz CT molecular complexity index is 9260. The van der Waals surface area contributed by atoms with Crippen LogP contribution in [0, 0.1) is 48.4 Å². The van der Waals surface area contributed by atoms with Crippen molar-refractivity contribution in [3.8, 4) is 0 Å². The number of benzene rings is 18. The van der Waals surface area contributed by atoms with Crippen LogP contribution >= 0.6 is 11.3 Å². The summed E-state index contributed by atoms with van der Waals surface area (Å²) in [5.41, 5.74) is 26.3. The summed E-state index contributed by atoms with van der Waals surface area (Å²) in [7, 11) is 0. The number of rotatable bonds is 0. The van der Waals surface area contributed by atoms with Crippen molar-refractivity contribution in [1.29, 1.82) is 0 Å². The standard InChI is InChI=1S/2C25H22O.3C21H20O.C17H19NS/c1-15-9-13-20-19-14-12-17-11-10-16-7-5-6-8-18(16)21(17)23(19)26-24(20)22(15)25(2,3)4;1-15-9-11-21-20-14-13-18-17-8-6-5-7-16(17)10-12-19(18)23(20)26-24(21)22(15)25(2,3)4;1-13-9-11-17-16-12-10-14-7-5-6-8-15(14)19(16)22-20(17)18(13)21(2,3)4;1-13-9-11-16-18-15-8-6-5-7-14(15)10-12-17(18)22-20(16)19(13)21(2,3)4;1-13-9-10-16-17-11-14-7-5-6-8-15(14)12-18(17)22-20(16)19(13)21(2,3)4;1-10-6-7-13-12-8-9-14(17(3,4)5)11(2)15(12)19-16(13)18-10/h2*5-14H,1-4H3;3*5-12H,1-4H3;6-9H,1-5H3/i;;;;;1D3. The minimum Gasteiger partial charge on any atom is -0.456 e. The number of aromatic nitrogens is 1. The van der Waals surface area contributed by atoms with Gasteiger partial charge in [-0.15, -0.1) is 11.3 Å². The molecule has 0 atom stereocenters. The van der Waals surface area contributed by atoms with Gasteiger partial charge in [-0.05, 0) is 234 Å². The molecule has 0 fully saturated rings. The molecule has 0 aliphatic rings. The van der Waals surface area contributed by atoms with Crippen LogP contribution in [-0.2, 0) is 32.5 Å². The Morgan fingerprint density at radius 3 is 1.04 bits per heavy atom. The minimum atomic E-state index is -2.16. The normalized spacial score (nSPS) is 13.0. The largest absolute Gasteiger partial charge is 0.456 e. The molecule has 0 radical (unpaired) electrons. The summed E-state index contributed by atoms with van der Waals surface area (Å²) in [6.45, 7) is 51.3. The Hall–Kier alpha value is -13.9. The highest BCUT2D eigenvalue weighted by molar-refractivity contribution is 7.25. The lowest BCUT2D eigenvalue weighted by Crippen LogP contribution is -2.13. The van der Waals surface area contributed by atoms with Crippen LogP contribution in [0.5, 0.6) is 0 Å². The molecule has 18 aromatic carbocycles. The van der Waals surface area contributed by atoms with Crippen LogP contribution in [0.2, 0.25) is 0 Å². The van der Waals surface area contributed by atoms with Gasteiger partial charge in [-0.3, -0.25) is 0 Å². The highest BCUT2D eigenvalue weighted by Gasteiger charge is 2.31. The van der Waals surface area contributed by atoms with Crippen LogP contribution in [-0.4, -0.2) is 4.98 Å². The Labute approximate surface area is 811 Å². The van der Waals surface area contributed by atoms with E-state index >= 15 is 0 Å². The average molecular weight is 1810 g/mol. The zero-order valence-electron chi connectivity index (χ0n) is 86.6. The smallest absolute Gasteiger partial charge is 0.143 e. The van der Waals surface area contributed by atoms with E-state index in [0.717, 1.165) is 71.4 Å². The maximum atomic E-state index is 7.52. The number of nitrogens with zero attached hydrogens (tertiary/aromatic N) is 1. The van der Waals surface area contributed by atoms with Crippen molar-refractivity contribution in [1.82, 2.24) is 4.98 Å². The molecule has 0 saturated heterocycles. The van der Waals surface area contributed by atoms with Crippen molar-refractivity contribution in [3.63, 3.8) is 0 Å². The second-order valence-electron chi connectivity index (χ2n) is 44.1. The Balaban J connectivity index is 0.000000103. The second kappa shape index (κ2) is 33.8. The summed E-state index contributed by atoms with van der Waals surface area (Å²) in [6.07, 6.45) is 0. The summed E-state index contributed by atoms with van der Waals surface area (Å²) < 4.78 is 55.9. The minimum absolute atomic E-state index is 0.0370. The van der Waals surface area contributed by atoms with Gasteiger partial charge in [-0.1, -0.05) is 361 Å². The molecule has 684 valence electrons. The van der Waals surface area contributed by atoms with E-state index in [9.17, 15) is 0 Å². The van der Waals surface area contributed by atoms with Crippen molar-refractivity contribution in [2.75, 3.05) is 0 Å². The summed E-state index contributed by atoms with van der Waals surface area (Å²) in [4.78, 5) is 5.18. The van der Waals surface area contributed by atoms with E-state index in [0.29, 0.717) is 0 Å². The van der Waals surface area contributed by atoms with E-state index in [1.807, 2.05) is 6.07 Å². The average Bonchev–Trinajstić information content (AvgIpc) is 1.57. The van der Waals surface area contributed by atoms with Gasteiger partial charge in [0.2, 0.25) is 0 Å². The molecular weight excluding hydrogens is 1690 g/mol. The van der Waals surface area contributed by atoms with Gasteiger partial charge in [0.1, 0.15) is 60.7 Å². The Morgan fingerprint density at radius 1 is 0.226 bits per heavy atom. The van der Waals surface area contributed by atoms with Crippen LogP contribution in [0.1, 0.15) is 201 Å². The summed E-state index contributed by atoms with van der Waals surface area (Å²) >= 11 is 1.59. The molecule has 25 rings (SSSR count). The van der Waals surface area contributed by atoms with Crippen LogP contribution in [0.15, 0.2) is 313 Å². The fourth-order valence-electron chi connectivity index (χ4n) is 22.3. The zero-order chi connectivity index (χ0) is 98.8. The van der Waals surface area contributed by atoms with Gasteiger partial charge in [0.05, 0.1) is 0 Å². The second-order valence-corrected chi connectivity index (χ2v) is 45.1. The number of aryl methyl sites for hydroxylation is 7. The van der Waals surface area contributed by atoms with Gasteiger partial charge >= 0.3 is 0 Å². The van der Waals surface area contributed by atoms with E-state index in [-0.39, 0.29) is 38.2 Å². The third-order valence-corrected chi connectivity index (χ3v) is 29.2. The summed E-state index contributed by atoms with van der Waals surface area (Å²) in [5.74, 6) is 0. The zero-order valence-corrected chi connectivity index (χ0v) is 84.4. The molecule has 137 heavy (non-hydrogen) atoms. The van der Waals surface area contributed by atoms with Gasteiger partial charge in [0, 0.05) is 123 Å². The highest BCUT2D eigenvalue weighted by atomic mass is 32.1. The highest BCUT2D eigenvalue weighted by Crippen LogP contribution is 2.49. The van der Waals surface area contributed by atoms with Gasteiger partial charge in [-0.25, -0.2) is 4.98 Å². The molecule has 0 bridgehead atoms. The molecule has 7 heteroatoms. The Kier molecular flexibility index (Phi) is 21.5. The molecule has 0 saturated carbocycles. The predicted octanol–water partition coefficient (Wildman–Crippen LogP) is 39.4. The monoisotopic (exact) mass is 1810 g/mol. The SMILES string of the molecule is Cc1ccc2c(oc3c2ccc2c4ccccc4ccc23)c1C(C)(C)C.Cc1ccc2c(oc3c2ccc2ccc4ccccc4c23)c1C(C)(C)C.Cc1ccc2c(oc3c4ccccc4ccc23)c1C(C)(C)C.Cc1ccc2c(oc3cc4ccccc4cc32)c1C(C)(C)C.Cc1ccc2c(oc3ccc4ccccc4c32)c1C(C)(C)C.[2H]C([2H])([2H])c1ccc2c(n1)sc1c(C)c(C(C)(C)C)ccc12. The fraction of sp³-hybridized carbons (Fsp3) is 0.238. The predicted molar refractivity (Wildman–Crippen MR) is 594 cm³/mol. The van der Waals surface area contributed by atoms with Gasteiger partial charge in [0.15, 0.2) is 0 Å². The molecule has 0 N–H and O–H groups in total. The first-order valence-corrected chi connectivity index (χ1v) is 49.1. The van der Waals surface area contributed by atoms with Crippen molar-refractivity contribution >= 4 is 217 Å². The lowest BCUT2D eigenvalue weighted by Gasteiger charge is -2.21. The topological polar surface area (TPSA) is 78.6 Å². The molecular formula is C130H123NO5S. The van der Waals surface area contributed by atoms with Gasteiger partial charge < -0.3 is 22.1 Å². The molecule has 0 unspecified atom stereocenters.